The second-order valence-corrected chi connectivity index (χ2v) is 7.23. The molecule has 0 aliphatic rings. The van der Waals surface area contributed by atoms with Crippen LogP contribution in [0, 0.1) is 0 Å². The van der Waals surface area contributed by atoms with E-state index in [0.29, 0.717) is 6.54 Å². The Balaban J connectivity index is 1.63. The Bertz CT molecular complexity index is 954. The molecule has 0 heterocycles. The minimum Gasteiger partial charge on any atom is -0.496 e. The van der Waals surface area contributed by atoms with E-state index in [9.17, 15) is 4.79 Å². The van der Waals surface area contributed by atoms with E-state index in [1.54, 1.807) is 7.11 Å². The second kappa shape index (κ2) is 8.89. The van der Waals surface area contributed by atoms with Crippen LogP contribution in [0.15, 0.2) is 66.7 Å². The lowest BCUT2D eigenvalue weighted by Gasteiger charge is -2.26. The molecule has 0 aliphatic carbocycles. The molecular weight excluding hydrogens is 348 g/mol. The van der Waals surface area contributed by atoms with E-state index in [0.717, 1.165) is 16.9 Å². The normalized spacial score (nSPS) is 13.3. The third-order valence-corrected chi connectivity index (χ3v) is 5.29. The van der Waals surface area contributed by atoms with Gasteiger partial charge in [0.15, 0.2) is 0 Å². The van der Waals surface area contributed by atoms with Crippen LogP contribution in [0.3, 0.4) is 0 Å². The van der Waals surface area contributed by atoms with E-state index < -0.39 is 0 Å². The highest BCUT2D eigenvalue weighted by Gasteiger charge is 2.19. The van der Waals surface area contributed by atoms with Gasteiger partial charge in [-0.2, -0.15) is 0 Å². The van der Waals surface area contributed by atoms with Crippen molar-refractivity contribution in [2.75, 3.05) is 20.7 Å². The van der Waals surface area contributed by atoms with Gasteiger partial charge in [-0.15, -0.1) is 0 Å². The minimum absolute atomic E-state index is 0.00454. The topological polar surface area (TPSA) is 41.6 Å². The predicted octanol–water partition coefficient (Wildman–Crippen LogP) is 4.72. The molecule has 0 aliphatic heterocycles. The van der Waals surface area contributed by atoms with Gasteiger partial charge in [-0.3, -0.25) is 9.69 Å². The van der Waals surface area contributed by atoms with Crippen molar-refractivity contribution in [3.8, 4) is 5.75 Å². The summed E-state index contributed by atoms with van der Waals surface area (Å²) < 4.78 is 5.45. The Kier molecular flexibility index (Phi) is 6.32. The first-order chi connectivity index (χ1) is 13.5. The van der Waals surface area contributed by atoms with Crippen molar-refractivity contribution in [2.45, 2.75) is 25.9 Å². The summed E-state index contributed by atoms with van der Waals surface area (Å²) in [5, 5.41) is 5.50. The summed E-state index contributed by atoms with van der Waals surface area (Å²) in [6.07, 6.45) is 0. The molecular formula is C24H28N2O2. The second-order valence-electron chi connectivity index (χ2n) is 7.23. The summed E-state index contributed by atoms with van der Waals surface area (Å²) in [7, 11) is 3.63. The average molecular weight is 377 g/mol. The molecule has 0 aromatic heterocycles. The van der Waals surface area contributed by atoms with Gasteiger partial charge >= 0.3 is 0 Å². The maximum absolute atomic E-state index is 12.6. The zero-order valence-corrected chi connectivity index (χ0v) is 17.0. The van der Waals surface area contributed by atoms with Gasteiger partial charge in [0.25, 0.3) is 0 Å². The van der Waals surface area contributed by atoms with Gasteiger partial charge in [-0.25, -0.2) is 0 Å². The Hall–Kier alpha value is -2.85. The summed E-state index contributed by atoms with van der Waals surface area (Å²) in [6, 6.07) is 22.5. The number of likely N-dealkylation sites (N-methyl/N-ethyl adjacent to an activating group) is 1. The monoisotopic (exact) mass is 376 g/mol. The molecule has 0 spiro atoms. The number of fused-ring (bicyclic) bond motifs is 1. The first-order valence-electron chi connectivity index (χ1n) is 9.61. The smallest absolute Gasteiger partial charge is 0.234 e. The van der Waals surface area contributed by atoms with Crippen molar-refractivity contribution in [1.29, 1.82) is 0 Å². The van der Waals surface area contributed by atoms with Gasteiger partial charge in [0.05, 0.1) is 19.7 Å². The molecule has 4 nitrogen and oxygen atoms in total. The zero-order valence-electron chi connectivity index (χ0n) is 17.0. The number of para-hydroxylation sites is 1. The number of nitrogens with zero attached hydrogens (tertiary/aromatic N) is 1. The fraction of sp³-hybridized carbons (Fsp3) is 0.292. The van der Waals surface area contributed by atoms with Crippen LogP contribution in [0.25, 0.3) is 10.8 Å². The number of methoxy groups -OCH3 is 1. The maximum atomic E-state index is 12.6. The number of ether oxygens (including phenoxy) is 1. The fourth-order valence-electron chi connectivity index (χ4n) is 3.46. The number of amides is 1. The van der Waals surface area contributed by atoms with E-state index >= 15 is 0 Å². The Morgan fingerprint density at radius 2 is 1.68 bits per heavy atom. The van der Waals surface area contributed by atoms with Crippen LogP contribution in [0.2, 0.25) is 0 Å². The fourth-order valence-corrected chi connectivity index (χ4v) is 3.46. The lowest BCUT2D eigenvalue weighted by atomic mass is 10.0. The average Bonchev–Trinajstić information content (AvgIpc) is 2.72. The first kappa shape index (κ1) is 19.9. The summed E-state index contributed by atoms with van der Waals surface area (Å²) in [5.41, 5.74) is 2.18. The molecule has 4 heteroatoms. The molecule has 28 heavy (non-hydrogen) atoms. The van der Waals surface area contributed by atoms with Gasteiger partial charge < -0.3 is 10.1 Å². The molecule has 3 rings (SSSR count). The molecule has 2 unspecified atom stereocenters. The molecule has 3 aromatic carbocycles. The van der Waals surface area contributed by atoms with Crippen LogP contribution in [-0.2, 0) is 4.79 Å². The third-order valence-electron chi connectivity index (χ3n) is 5.29. The van der Waals surface area contributed by atoms with Gasteiger partial charge in [-0.1, -0.05) is 54.6 Å². The van der Waals surface area contributed by atoms with E-state index in [2.05, 4.69) is 42.6 Å². The summed E-state index contributed by atoms with van der Waals surface area (Å²) in [6.45, 7) is 4.42. The summed E-state index contributed by atoms with van der Waals surface area (Å²) in [4.78, 5) is 14.6. The number of nitrogens with one attached hydrogen (secondary N) is 1. The van der Waals surface area contributed by atoms with Crippen molar-refractivity contribution in [2.24, 2.45) is 0 Å². The molecule has 0 saturated carbocycles. The van der Waals surface area contributed by atoms with Crippen molar-refractivity contribution in [3.05, 3.63) is 77.9 Å². The van der Waals surface area contributed by atoms with E-state index in [-0.39, 0.29) is 18.0 Å². The molecule has 0 saturated heterocycles. The summed E-state index contributed by atoms with van der Waals surface area (Å²) in [5.74, 6) is 0.844. The van der Waals surface area contributed by atoms with Crippen LogP contribution in [0.5, 0.6) is 5.75 Å². The molecule has 2 atom stereocenters. The molecule has 3 aromatic rings. The Labute approximate surface area is 167 Å². The van der Waals surface area contributed by atoms with Crippen LogP contribution in [-0.4, -0.2) is 31.5 Å². The van der Waals surface area contributed by atoms with Crippen LogP contribution in [0.4, 0.5) is 0 Å². The van der Waals surface area contributed by atoms with Gasteiger partial charge in [-0.05, 0) is 49.4 Å². The van der Waals surface area contributed by atoms with Gasteiger partial charge in [0.1, 0.15) is 5.75 Å². The van der Waals surface area contributed by atoms with Crippen molar-refractivity contribution in [1.82, 2.24) is 10.2 Å². The lowest BCUT2D eigenvalue weighted by Crippen LogP contribution is -2.37. The number of hydrogen-bond donors (Lipinski definition) is 1. The molecule has 0 radical (unpaired) electrons. The predicted molar refractivity (Wildman–Crippen MR) is 115 cm³/mol. The summed E-state index contributed by atoms with van der Waals surface area (Å²) >= 11 is 0. The van der Waals surface area contributed by atoms with Crippen LogP contribution >= 0.6 is 0 Å². The van der Waals surface area contributed by atoms with Crippen LogP contribution < -0.4 is 10.1 Å². The Morgan fingerprint density at radius 3 is 2.43 bits per heavy atom. The number of benzene rings is 3. The highest BCUT2D eigenvalue weighted by molar-refractivity contribution is 5.83. The minimum atomic E-state index is -0.0490. The number of hydrogen-bond acceptors (Lipinski definition) is 3. The molecule has 1 amide bonds. The number of rotatable bonds is 7. The van der Waals surface area contributed by atoms with Crippen LogP contribution in [0.1, 0.15) is 37.1 Å². The third kappa shape index (κ3) is 4.52. The largest absolute Gasteiger partial charge is 0.496 e. The van der Waals surface area contributed by atoms with Crippen molar-refractivity contribution < 1.29 is 9.53 Å². The first-order valence-corrected chi connectivity index (χ1v) is 9.61. The van der Waals surface area contributed by atoms with E-state index in [1.807, 2.05) is 55.3 Å². The van der Waals surface area contributed by atoms with E-state index in [4.69, 9.17) is 4.74 Å². The highest BCUT2D eigenvalue weighted by Crippen LogP contribution is 2.28. The molecule has 0 bridgehead atoms. The highest BCUT2D eigenvalue weighted by atomic mass is 16.5. The van der Waals surface area contributed by atoms with Crippen molar-refractivity contribution >= 4 is 16.7 Å². The van der Waals surface area contributed by atoms with E-state index in [1.165, 1.54) is 10.8 Å². The standard InChI is InChI=1S/C24H28N2O2/c1-17(20-14-13-19-9-5-6-10-21(19)15-20)25-24(27)16-26(3)18(2)22-11-7-8-12-23(22)28-4/h5-15,17-18H,16H2,1-4H3,(H,25,27). The van der Waals surface area contributed by atoms with Crippen molar-refractivity contribution in [3.63, 3.8) is 0 Å². The zero-order chi connectivity index (χ0) is 20.1. The maximum Gasteiger partial charge on any atom is 0.234 e. The number of carbonyl (C=O) groups is 1. The molecule has 0 fully saturated rings. The molecule has 1 N–H and O–H groups in total. The SMILES string of the molecule is COc1ccccc1C(C)N(C)CC(=O)NC(C)c1ccc2ccccc2c1. The molecule has 146 valence electrons. The van der Waals surface area contributed by atoms with Gasteiger partial charge in [0, 0.05) is 11.6 Å². The van der Waals surface area contributed by atoms with Gasteiger partial charge in [0.2, 0.25) is 5.91 Å². The lowest BCUT2D eigenvalue weighted by molar-refractivity contribution is -0.123. The number of carbonyl (C=O) groups excluding carboxylic acids is 1. The quantitative estimate of drug-likeness (QED) is 0.649. The Morgan fingerprint density at radius 1 is 1.00 bits per heavy atom.